The minimum Gasteiger partial charge on any atom is -0.374 e. The van der Waals surface area contributed by atoms with Crippen LogP contribution >= 0.6 is 0 Å². The monoisotopic (exact) mass is 264 g/mol. The molecule has 6 heteroatoms. The number of nitrogens with two attached hydrogens (primary N) is 1. The van der Waals surface area contributed by atoms with Crippen molar-refractivity contribution in [3.63, 3.8) is 0 Å². The van der Waals surface area contributed by atoms with E-state index in [2.05, 4.69) is 0 Å². The van der Waals surface area contributed by atoms with Crippen LogP contribution in [0.25, 0.3) is 0 Å². The van der Waals surface area contributed by atoms with Crippen LogP contribution in [0.15, 0.2) is 18.2 Å². The Kier molecular flexibility index (Phi) is 3.55. The van der Waals surface area contributed by atoms with E-state index in [0.717, 1.165) is 24.8 Å². The highest BCUT2D eigenvalue weighted by Gasteiger charge is 2.39. The second-order valence-corrected chi connectivity index (χ2v) is 4.62. The lowest BCUT2D eigenvalue weighted by atomic mass is 9.74. The van der Waals surface area contributed by atoms with Crippen molar-refractivity contribution in [2.45, 2.75) is 24.9 Å². The third-order valence-electron chi connectivity index (χ3n) is 3.71. The van der Waals surface area contributed by atoms with Crippen molar-refractivity contribution in [1.82, 2.24) is 5.48 Å². The Morgan fingerprint density at radius 3 is 2.47 bits per heavy atom. The highest BCUT2D eigenvalue weighted by Crippen LogP contribution is 2.44. The van der Waals surface area contributed by atoms with Gasteiger partial charge in [-0.2, -0.15) is 0 Å². The Morgan fingerprint density at radius 2 is 2.05 bits per heavy atom. The minimum absolute atomic E-state index is 0.0517. The third kappa shape index (κ3) is 2.20. The molecule has 0 saturated heterocycles. The smallest absolute Gasteiger partial charge is 0.275 e. The summed E-state index contributed by atoms with van der Waals surface area (Å²) in [5.41, 5.74) is 7.26. The SMILES string of the molecule is COC1(c2ccc(C(N)=O)c(C(=O)NO)c2)CCC1. The molecule has 0 heterocycles. The summed E-state index contributed by atoms with van der Waals surface area (Å²) in [4.78, 5) is 22.9. The molecule has 0 aromatic heterocycles. The topological polar surface area (TPSA) is 102 Å². The molecule has 0 radical (unpaired) electrons. The molecule has 0 atom stereocenters. The molecule has 1 aliphatic rings. The van der Waals surface area contributed by atoms with Crippen molar-refractivity contribution < 1.29 is 19.5 Å². The fraction of sp³-hybridized carbons (Fsp3) is 0.385. The van der Waals surface area contributed by atoms with Crippen LogP contribution in [0, 0.1) is 0 Å². The molecule has 4 N–H and O–H groups in total. The highest BCUT2D eigenvalue weighted by molar-refractivity contribution is 6.06. The lowest BCUT2D eigenvalue weighted by molar-refractivity contribution is -0.0779. The summed E-state index contributed by atoms with van der Waals surface area (Å²) in [7, 11) is 1.62. The summed E-state index contributed by atoms with van der Waals surface area (Å²) in [5, 5.41) is 8.73. The molecule has 19 heavy (non-hydrogen) atoms. The van der Waals surface area contributed by atoms with Gasteiger partial charge in [0.2, 0.25) is 5.91 Å². The molecule has 0 unspecified atom stereocenters. The van der Waals surface area contributed by atoms with E-state index in [1.807, 2.05) is 0 Å². The van der Waals surface area contributed by atoms with Gasteiger partial charge < -0.3 is 10.5 Å². The van der Waals surface area contributed by atoms with Gasteiger partial charge in [-0.05, 0) is 37.0 Å². The fourth-order valence-corrected chi connectivity index (χ4v) is 2.40. The van der Waals surface area contributed by atoms with Gasteiger partial charge in [0, 0.05) is 7.11 Å². The van der Waals surface area contributed by atoms with E-state index in [1.165, 1.54) is 11.5 Å². The predicted molar refractivity (Wildman–Crippen MR) is 66.8 cm³/mol. The number of hydroxylamine groups is 1. The van der Waals surface area contributed by atoms with Crippen molar-refractivity contribution in [3.8, 4) is 0 Å². The fourth-order valence-electron chi connectivity index (χ4n) is 2.40. The molecule has 0 aliphatic heterocycles. The van der Waals surface area contributed by atoms with Crippen LogP contribution in [0.2, 0.25) is 0 Å². The lowest BCUT2D eigenvalue weighted by Gasteiger charge is -2.41. The zero-order chi connectivity index (χ0) is 14.0. The van der Waals surface area contributed by atoms with Crippen molar-refractivity contribution in [3.05, 3.63) is 34.9 Å². The second-order valence-electron chi connectivity index (χ2n) is 4.62. The van der Waals surface area contributed by atoms with Gasteiger partial charge in [-0.1, -0.05) is 6.07 Å². The molecule has 1 fully saturated rings. The van der Waals surface area contributed by atoms with Crippen molar-refractivity contribution >= 4 is 11.8 Å². The summed E-state index contributed by atoms with van der Waals surface area (Å²) >= 11 is 0. The predicted octanol–water partition coefficient (Wildman–Crippen LogP) is 0.930. The van der Waals surface area contributed by atoms with Crippen molar-refractivity contribution in [2.75, 3.05) is 7.11 Å². The van der Waals surface area contributed by atoms with Gasteiger partial charge in [-0.3, -0.25) is 14.8 Å². The van der Waals surface area contributed by atoms with Gasteiger partial charge in [-0.25, -0.2) is 5.48 Å². The average molecular weight is 264 g/mol. The molecule has 6 nitrogen and oxygen atoms in total. The quantitative estimate of drug-likeness (QED) is 0.556. The second kappa shape index (κ2) is 4.99. The molecule has 0 bridgehead atoms. The number of nitrogens with one attached hydrogen (secondary N) is 1. The maximum atomic E-state index is 11.6. The summed E-state index contributed by atoms with van der Waals surface area (Å²) in [6.07, 6.45) is 2.77. The van der Waals surface area contributed by atoms with Crippen LogP contribution in [0.4, 0.5) is 0 Å². The summed E-state index contributed by atoms with van der Waals surface area (Å²) in [5.74, 6) is -1.48. The number of carbonyl (C=O) groups is 2. The van der Waals surface area contributed by atoms with Gasteiger partial charge in [-0.15, -0.1) is 0 Å². The Balaban J connectivity index is 2.49. The first-order valence-corrected chi connectivity index (χ1v) is 5.98. The molecule has 1 aromatic rings. The molecule has 102 valence electrons. The molecule has 1 aromatic carbocycles. The number of methoxy groups -OCH3 is 1. The molecule has 0 spiro atoms. The Bertz CT molecular complexity index is 518. The summed E-state index contributed by atoms with van der Waals surface area (Å²) < 4.78 is 5.52. The molecule has 2 amide bonds. The van der Waals surface area contributed by atoms with Gasteiger partial charge in [0.25, 0.3) is 5.91 Å². The van der Waals surface area contributed by atoms with Gasteiger partial charge in [0.15, 0.2) is 0 Å². The first-order valence-electron chi connectivity index (χ1n) is 5.98. The number of ether oxygens (including phenoxy) is 1. The molecular weight excluding hydrogens is 248 g/mol. The summed E-state index contributed by atoms with van der Waals surface area (Å²) in [6, 6.07) is 4.77. The van der Waals surface area contributed by atoms with E-state index < -0.39 is 17.4 Å². The van der Waals surface area contributed by atoms with Crippen LogP contribution < -0.4 is 11.2 Å². The number of hydrogen-bond donors (Lipinski definition) is 3. The molecule has 1 aliphatic carbocycles. The normalized spacial score (nSPS) is 16.5. The van der Waals surface area contributed by atoms with Crippen LogP contribution in [0.1, 0.15) is 45.5 Å². The number of primary amides is 1. The van der Waals surface area contributed by atoms with Crippen LogP contribution in [0.5, 0.6) is 0 Å². The summed E-state index contributed by atoms with van der Waals surface area (Å²) in [6.45, 7) is 0. The number of carbonyl (C=O) groups excluding carboxylic acids is 2. The van der Waals surface area contributed by atoms with Gasteiger partial charge in [0.1, 0.15) is 0 Å². The molecule has 1 saturated carbocycles. The number of amides is 2. The Morgan fingerprint density at radius 1 is 1.37 bits per heavy atom. The zero-order valence-corrected chi connectivity index (χ0v) is 10.6. The van der Waals surface area contributed by atoms with E-state index in [-0.39, 0.29) is 11.1 Å². The van der Waals surface area contributed by atoms with Crippen LogP contribution in [-0.4, -0.2) is 24.1 Å². The standard InChI is InChI=1S/C13H16N2O4/c1-19-13(5-2-6-13)8-3-4-9(11(14)16)10(7-8)12(17)15-18/h3-4,7,18H,2,5-6H2,1H3,(H2,14,16)(H,15,17). The first kappa shape index (κ1) is 13.5. The number of rotatable bonds is 4. The maximum absolute atomic E-state index is 11.6. The van der Waals surface area contributed by atoms with Crippen molar-refractivity contribution in [1.29, 1.82) is 0 Å². The van der Waals surface area contributed by atoms with E-state index in [4.69, 9.17) is 15.7 Å². The lowest BCUT2D eigenvalue weighted by Crippen LogP contribution is -2.36. The molecular formula is C13H16N2O4. The number of benzene rings is 1. The third-order valence-corrected chi connectivity index (χ3v) is 3.71. The van der Waals surface area contributed by atoms with Crippen molar-refractivity contribution in [2.24, 2.45) is 5.73 Å². The van der Waals surface area contributed by atoms with Crippen LogP contribution in [-0.2, 0) is 10.3 Å². The average Bonchev–Trinajstić information content (AvgIpc) is 2.37. The van der Waals surface area contributed by atoms with E-state index >= 15 is 0 Å². The number of hydrogen-bond acceptors (Lipinski definition) is 4. The van der Waals surface area contributed by atoms with E-state index in [1.54, 1.807) is 19.2 Å². The zero-order valence-electron chi connectivity index (χ0n) is 10.6. The Labute approximate surface area is 110 Å². The molecule has 2 rings (SSSR count). The largest absolute Gasteiger partial charge is 0.374 e. The van der Waals surface area contributed by atoms with E-state index in [9.17, 15) is 9.59 Å². The van der Waals surface area contributed by atoms with Crippen LogP contribution in [0.3, 0.4) is 0 Å². The Hall–Kier alpha value is -1.92. The first-order chi connectivity index (χ1) is 9.04. The highest BCUT2D eigenvalue weighted by atomic mass is 16.5. The maximum Gasteiger partial charge on any atom is 0.275 e. The van der Waals surface area contributed by atoms with Gasteiger partial charge in [0.05, 0.1) is 16.7 Å². The van der Waals surface area contributed by atoms with E-state index in [0.29, 0.717) is 0 Å². The van der Waals surface area contributed by atoms with Gasteiger partial charge >= 0.3 is 0 Å². The minimum atomic E-state index is -0.763.